The minimum Gasteiger partial charge on any atom is -0.537 e. The number of nitrogens with one attached hydrogen (secondary N) is 2. The minimum absolute atomic E-state index is 0.167. The molecule has 18 heteroatoms. The number of nitrogen functional groups attached to an aromatic ring is 1. The lowest BCUT2D eigenvalue weighted by Crippen LogP contribution is -2.18. The van der Waals surface area contributed by atoms with Gasteiger partial charge in [-0.2, -0.15) is 0 Å². The maximum Gasteiger partial charge on any atom is 0.569 e. The topological polar surface area (TPSA) is 183 Å². The number of nitrogens with two attached hydrogens (primary N) is 1. The molecule has 13 nitrogen and oxygen atoms in total. The number of benzene rings is 4. The molecule has 5 N–H and O–H groups in total. The van der Waals surface area contributed by atoms with Gasteiger partial charge in [0.15, 0.2) is 0 Å². The average Bonchev–Trinajstić information content (AvgIpc) is 3.77. The van der Waals surface area contributed by atoms with Crippen molar-refractivity contribution in [3.63, 3.8) is 0 Å². The Morgan fingerprint density at radius 2 is 1.28 bits per heavy atom. The largest absolute Gasteiger partial charge is 0.569 e. The number of imidazole rings is 2. The molecule has 0 aliphatic heterocycles. The molecular formula is C35H37BCl2N7O6S2. The van der Waals surface area contributed by atoms with E-state index in [4.69, 9.17) is 34.0 Å². The number of anilines is 1. The summed E-state index contributed by atoms with van der Waals surface area (Å²) in [6.45, 7) is 0. The first-order valence-electron chi connectivity index (χ1n) is 15.6. The molecule has 6 aromatic rings. The Morgan fingerprint density at radius 1 is 0.755 bits per heavy atom. The van der Waals surface area contributed by atoms with E-state index in [0.717, 1.165) is 22.4 Å². The van der Waals surface area contributed by atoms with Crippen LogP contribution in [0, 0.1) is 0 Å². The fourth-order valence-electron chi connectivity index (χ4n) is 4.85. The van der Waals surface area contributed by atoms with Crippen molar-refractivity contribution in [1.82, 2.24) is 28.5 Å². The molecule has 0 aliphatic rings. The van der Waals surface area contributed by atoms with E-state index in [0.29, 0.717) is 46.8 Å². The van der Waals surface area contributed by atoms with Gasteiger partial charge in [-0.05, 0) is 92.3 Å². The first-order valence-corrected chi connectivity index (χ1v) is 19.4. The quantitative estimate of drug-likeness (QED) is 0.109. The van der Waals surface area contributed by atoms with Gasteiger partial charge in [0.1, 0.15) is 5.75 Å². The standard InChI is InChI=1S/C18H18ClN3O2S.C11H14N4O2S.C6H5BClO2/c1-20-25(23,24)16-7-6-14(8-13-4-3-5-15(19)9-13)17(10-16)18-11-22(2)12-21-18;1-13-18(16,17)8-3-4-10(12)9(5-8)11-6-15(2)7-14-11;8-5-2-1-3-6(4-5)10-7-9/h3-7,9-12,20H,8H2,1-2H3;3-7,13H,12H2,1-2H3;1-4,9H. The summed E-state index contributed by atoms with van der Waals surface area (Å²) in [4.78, 5) is 8.92. The van der Waals surface area contributed by atoms with Crippen LogP contribution in [-0.4, -0.2) is 62.7 Å². The zero-order chi connectivity index (χ0) is 38.8. The van der Waals surface area contributed by atoms with Gasteiger partial charge in [0, 0.05) is 53.3 Å². The van der Waals surface area contributed by atoms with Crippen LogP contribution in [0.4, 0.5) is 5.69 Å². The zero-order valence-corrected chi connectivity index (χ0v) is 32.2. The highest BCUT2D eigenvalue weighted by molar-refractivity contribution is 7.89. The van der Waals surface area contributed by atoms with E-state index >= 15 is 0 Å². The van der Waals surface area contributed by atoms with Crippen molar-refractivity contribution in [3.8, 4) is 28.3 Å². The van der Waals surface area contributed by atoms with Crippen LogP contribution >= 0.6 is 23.2 Å². The second-order valence-electron chi connectivity index (χ2n) is 11.3. The number of aromatic nitrogens is 4. The van der Waals surface area contributed by atoms with Crippen molar-refractivity contribution in [2.24, 2.45) is 14.1 Å². The molecule has 0 amide bonds. The smallest absolute Gasteiger partial charge is 0.537 e. The molecule has 0 saturated carbocycles. The van der Waals surface area contributed by atoms with Gasteiger partial charge >= 0.3 is 7.69 Å². The summed E-state index contributed by atoms with van der Waals surface area (Å²) in [5.41, 5.74) is 11.1. The molecule has 4 aromatic carbocycles. The third kappa shape index (κ3) is 11.4. The van der Waals surface area contributed by atoms with E-state index in [2.05, 4.69) is 24.1 Å². The zero-order valence-electron chi connectivity index (χ0n) is 29.1. The highest BCUT2D eigenvalue weighted by Crippen LogP contribution is 2.29. The summed E-state index contributed by atoms with van der Waals surface area (Å²) >= 11 is 11.7. The molecule has 0 unspecified atom stereocenters. The predicted molar refractivity (Wildman–Crippen MR) is 209 cm³/mol. The van der Waals surface area contributed by atoms with Crippen LogP contribution < -0.4 is 19.8 Å². The van der Waals surface area contributed by atoms with Gasteiger partial charge in [-0.3, -0.25) is 0 Å². The van der Waals surface area contributed by atoms with Gasteiger partial charge in [0.2, 0.25) is 20.0 Å². The summed E-state index contributed by atoms with van der Waals surface area (Å²) in [6, 6.07) is 24.0. The van der Waals surface area contributed by atoms with Crippen LogP contribution in [0.3, 0.4) is 0 Å². The molecule has 0 fully saturated rings. The Morgan fingerprint density at radius 3 is 1.79 bits per heavy atom. The Kier molecular flexibility index (Phi) is 14.3. The van der Waals surface area contributed by atoms with E-state index in [9.17, 15) is 16.8 Å². The van der Waals surface area contributed by atoms with Crippen LogP contribution in [0.5, 0.6) is 5.75 Å². The number of halogens is 2. The summed E-state index contributed by atoms with van der Waals surface area (Å²) in [6.07, 6.45) is 7.60. The van der Waals surface area contributed by atoms with Gasteiger partial charge in [0.05, 0.1) is 33.8 Å². The van der Waals surface area contributed by atoms with Crippen LogP contribution in [0.25, 0.3) is 22.5 Å². The van der Waals surface area contributed by atoms with E-state index < -0.39 is 20.0 Å². The summed E-state index contributed by atoms with van der Waals surface area (Å²) in [5, 5.41) is 9.48. The Bertz CT molecular complexity index is 2390. The Hall–Kier alpha value is -4.68. The third-order valence-electron chi connectivity index (χ3n) is 7.49. The summed E-state index contributed by atoms with van der Waals surface area (Å²) in [5.74, 6) is 0.523. The van der Waals surface area contributed by atoms with E-state index in [-0.39, 0.29) is 9.79 Å². The molecule has 2 aromatic heterocycles. The number of nitrogens with zero attached hydrogens (tertiary/aromatic N) is 4. The molecule has 53 heavy (non-hydrogen) atoms. The molecule has 0 bridgehead atoms. The van der Waals surface area contributed by atoms with Crippen molar-refractivity contribution in [2.45, 2.75) is 16.2 Å². The van der Waals surface area contributed by atoms with Crippen molar-refractivity contribution in [3.05, 3.63) is 131 Å². The third-order valence-corrected chi connectivity index (χ3v) is 10.8. The molecule has 277 valence electrons. The molecule has 0 aliphatic carbocycles. The minimum atomic E-state index is -3.52. The average molecular weight is 798 g/mol. The monoisotopic (exact) mass is 796 g/mol. The van der Waals surface area contributed by atoms with E-state index in [1.54, 1.807) is 65.9 Å². The Balaban J connectivity index is 0.000000195. The number of aryl methyl sites for hydroxylation is 2. The molecule has 0 atom stereocenters. The lowest BCUT2D eigenvalue weighted by atomic mass is 9.98. The molecule has 1 radical (unpaired) electrons. The highest BCUT2D eigenvalue weighted by atomic mass is 35.5. The van der Waals surface area contributed by atoms with E-state index in [1.165, 1.54) is 26.2 Å². The van der Waals surface area contributed by atoms with Crippen molar-refractivity contribution >= 4 is 56.6 Å². The molecule has 0 saturated heterocycles. The van der Waals surface area contributed by atoms with Crippen molar-refractivity contribution in [2.75, 3.05) is 19.8 Å². The van der Waals surface area contributed by atoms with Crippen LogP contribution in [0.2, 0.25) is 10.0 Å². The summed E-state index contributed by atoms with van der Waals surface area (Å²) < 4.78 is 60.6. The van der Waals surface area contributed by atoms with Gasteiger partial charge < -0.3 is 24.5 Å². The van der Waals surface area contributed by atoms with Crippen LogP contribution in [-0.2, 0) is 40.6 Å². The molecule has 0 spiro atoms. The van der Waals surface area contributed by atoms with E-state index in [1.807, 2.05) is 55.2 Å². The lowest BCUT2D eigenvalue weighted by molar-refractivity contribution is 0.454. The lowest BCUT2D eigenvalue weighted by Gasteiger charge is -2.11. The molecule has 2 heterocycles. The highest BCUT2D eigenvalue weighted by Gasteiger charge is 2.17. The first-order chi connectivity index (χ1) is 25.1. The number of rotatable bonds is 10. The molecule has 6 rings (SSSR count). The van der Waals surface area contributed by atoms with Gasteiger partial charge in [0.25, 0.3) is 0 Å². The summed E-state index contributed by atoms with van der Waals surface area (Å²) in [7, 11) is 0.0902. The van der Waals surface area contributed by atoms with Crippen LogP contribution in [0.1, 0.15) is 11.1 Å². The second kappa shape index (κ2) is 18.4. The van der Waals surface area contributed by atoms with Gasteiger partial charge in [-0.1, -0.05) is 47.5 Å². The maximum atomic E-state index is 12.1. The van der Waals surface area contributed by atoms with Gasteiger partial charge in [-0.25, -0.2) is 36.2 Å². The number of hydrogen-bond acceptors (Lipinski definition) is 9. The fraction of sp³-hybridized carbons (Fsp3) is 0.143. The SMILES string of the molecule is CNS(=O)(=O)c1ccc(Cc2cccc(Cl)c2)c(-c2cn(C)cn2)c1.CNS(=O)(=O)c1ccc(N)c(-c2cn(C)cn2)c1.O[B]Oc1cccc(Cl)c1. The van der Waals surface area contributed by atoms with Gasteiger partial charge in [-0.15, -0.1) is 0 Å². The van der Waals surface area contributed by atoms with Crippen molar-refractivity contribution in [1.29, 1.82) is 0 Å². The van der Waals surface area contributed by atoms with Crippen LogP contribution in [0.15, 0.2) is 120 Å². The van der Waals surface area contributed by atoms with Crippen molar-refractivity contribution < 1.29 is 26.5 Å². The number of sulfonamides is 2. The Labute approximate surface area is 319 Å². The molecular weight excluding hydrogens is 760 g/mol. The predicted octanol–water partition coefficient (Wildman–Crippen LogP) is 5.06. The first kappa shape index (κ1) is 41.1. The fourth-order valence-corrected chi connectivity index (χ4v) is 6.75. The normalized spacial score (nSPS) is 11.2. The number of hydrogen-bond donors (Lipinski definition) is 4. The second-order valence-corrected chi connectivity index (χ2v) is 16.0. The maximum absolute atomic E-state index is 12.1.